The average molecular weight is 268 g/mol. The maximum atomic E-state index is 12.8. The summed E-state index contributed by atoms with van der Waals surface area (Å²) in [4.78, 5) is 3.45. The zero-order chi connectivity index (χ0) is 13.6. The van der Waals surface area contributed by atoms with Gasteiger partial charge in [0.05, 0.1) is 4.90 Å². The van der Waals surface area contributed by atoms with Crippen LogP contribution < -0.4 is 4.72 Å². The predicted molar refractivity (Wildman–Crippen MR) is 76.1 cm³/mol. The van der Waals surface area contributed by atoms with E-state index in [0.29, 0.717) is 4.90 Å². The summed E-state index contributed by atoms with van der Waals surface area (Å²) >= 11 is 0. The van der Waals surface area contributed by atoms with Crippen molar-refractivity contribution < 1.29 is 8.76 Å². The van der Waals surface area contributed by atoms with Gasteiger partial charge in [-0.05, 0) is 44.4 Å². The summed E-state index contributed by atoms with van der Waals surface area (Å²) in [6, 6.07) is 7.20. The Morgan fingerprint density at radius 2 is 1.94 bits per heavy atom. The van der Waals surface area contributed by atoms with Gasteiger partial charge in [0.2, 0.25) is 0 Å². The van der Waals surface area contributed by atoms with Crippen molar-refractivity contribution in [2.45, 2.75) is 31.2 Å². The molecule has 0 saturated carbocycles. The van der Waals surface area contributed by atoms with Crippen LogP contribution in [0.4, 0.5) is 0 Å². The lowest BCUT2D eigenvalue weighted by atomic mass is 10.1. The fourth-order valence-corrected chi connectivity index (χ4v) is 4.45. The van der Waals surface area contributed by atoms with Gasteiger partial charge < -0.3 is 4.98 Å². The Morgan fingerprint density at radius 1 is 1.28 bits per heavy atom. The molecule has 4 nitrogen and oxygen atoms in total. The first-order valence-corrected chi connectivity index (χ1v) is 8.15. The van der Waals surface area contributed by atoms with Crippen LogP contribution in [0.25, 0.3) is 10.9 Å². The molecule has 2 aromatic rings. The first-order valence-electron chi connectivity index (χ1n) is 5.81. The standard InChI is InChI=1S/C13H20N2O2S/c1-13(2,3)15-18(4,16,17)11-6-5-10-7-8-14-12(10)9-11/h5-9,14H,1-4H3,(H2,15,16,17). The average Bonchev–Trinajstić information content (AvgIpc) is 2.58. The van der Waals surface area contributed by atoms with Gasteiger partial charge in [0.1, 0.15) is 0 Å². The third kappa shape index (κ3) is 2.63. The molecule has 18 heavy (non-hydrogen) atoms. The number of H-pyrrole nitrogens is 1. The molecule has 0 radical (unpaired) electrons. The second-order valence-electron chi connectivity index (χ2n) is 5.86. The van der Waals surface area contributed by atoms with E-state index in [0.717, 1.165) is 10.9 Å². The zero-order valence-electron chi connectivity index (χ0n) is 11.2. The predicted octanol–water partition coefficient (Wildman–Crippen LogP) is 2.75. The van der Waals surface area contributed by atoms with Gasteiger partial charge in [-0.2, -0.15) is 4.21 Å². The van der Waals surface area contributed by atoms with E-state index in [4.69, 9.17) is 0 Å². The first-order chi connectivity index (χ1) is 8.05. The molecule has 100 valence electrons. The third-order valence-corrected chi connectivity index (χ3v) is 5.09. The van der Waals surface area contributed by atoms with Crippen LogP contribution in [0.2, 0.25) is 0 Å². The van der Waals surface area contributed by atoms with Crippen molar-refractivity contribution in [3.8, 4) is 0 Å². The lowest BCUT2D eigenvalue weighted by Gasteiger charge is -2.45. The summed E-state index contributed by atoms with van der Waals surface area (Å²) < 4.78 is 26.2. The fourth-order valence-electron chi connectivity index (χ4n) is 2.11. The Morgan fingerprint density at radius 3 is 2.56 bits per heavy atom. The van der Waals surface area contributed by atoms with Crippen LogP contribution in [0.1, 0.15) is 20.8 Å². The van der Waals surface area contributed by atoms with Crippen molar-refractivity contribution in [1.29, 1.82) is 0 Å². The largest absolute Gasteiger partial charge is 0.361 e. The smallest absolute Gasteiger partial charge is 0.0708 e. The quantitative estimate of drug-likeness (QED) is 0.784. The van der Waals surface area contributed by atoms with Crippen LogP contribution in [-0.2, 0) is 9.53 Å². The topological polar surface area (TPSA) is 65.1 Å². The molecular weight excluding hydrogens is 248 g/mol. The van der Waals surface area contributed by atoms with Crippen LogP contribution >= 0.6 is 0 Å². The second kappa shape index (κ2) is 3.66. The zero-order valence-corrected chi connectivity index (χ0v) is 12.0. The number of hydrogen-bond donors (Lipinski definition) is 3. The van der Waals surface area contributed by atoms with Crippen LogP contribution in [0.3, 0.4) is 0 Å². The lowest BCUT2D eigenvalue weighted by molar-refractivity contribution is 0.441. The summed E-state index contributed by atoms with van der Waals surface area (Å²) in [6.45, 7) is 5.61. The van der Waals surface area contributed by atoms with Crippen LogP contribution in [0, 0.1) is 0 Å². The van der Waals surface area contributed by atoms with E-state index in [2.05, 4.69) is 9.71 Å². The Bertz CT molecular complexity index is 646. The van der Waals surface area contributed by atoms with Crippen LogP contribution in [-0.4, -0.2) is 25.5 Å². The number of fused-ring (bicyclic) bond motifs is 1. The summed E-state index contributed by atoms with van der Waals surface area (Å²) in [7, 11) is -4.03. The number of nitrogens with one attached hydrogen (secondary N) is 2. The Kier molecular flexibility index (Phi) is 2.70. The van der Waals surface area contributed by atoms with E-state index in [1.165, 1.54) is 6.26 Å². The number of aromatic nitrogens is 1. The summed E-state index contributed by atoms with van der Waals surface area (Å²) in [6.07, 6.45) is 3.17. The van der Waals surface area contributed by atoms with Gasteiger partial charge in [-0.15, -0.1) is 9.53 Å². The molecule has 0 fully saturated rings. The fraction of sp³-hybridized carbons (Fsp3) is 0.385. The molecule has 0 unspecified atom stereocenters. The van der Waals surface area contributed by atoms with Gasteiger partial charge in [-0.25, -0.2) is 4.72 Å². The van der Waals surface area contributed by atoms with E-state index in [1.54, 1.807) is 12.1 Å². The highest BCUT2D eigenvalue weighted by molar-refractivity contribution is 8.12. The highest BCUT2D eigenvalue weighted by atomic mass is 32.3. The molecule has 1 aromatic carbocycles. The van der Waals surface area contributed by atoms with E-state index in [1.807, 2.05) is 39.1 Å². The Balaban J connectivity index is 2.54. The van der Waals surface area contributed by atoms with Gasteiger partial charge in [0.25, 0.3) is 0 Å². The molecule has 0 aliphatic carbocycles. The minimum atomic E-state index is -4.03. The summed E-state index contributed by atoms with van der Waals surface area (Å²) in [5.41, 5.74) is 0.413. The number of hydrogen-bond acceptors (Lipinski definition) is 1. The van der Waals surface area contributed by atoms with Crippen LogP contribution in [0.5, 0.6) is 0 Å². The third-order valence-electron chi connectivity index (χ3n) is 2.63. The molecule has 0 atom stereocenters. The minimum absolute atomic E-state index is 0.400. The molecule has 2 rings (SSSR count). The monoisotopic (exact) mass is 268 g/mol. The Labute approximate surface area is 107 Å². The number of aromatic amines is 1. The van der Waals surface area contributed by atoms with E-state index in [9.17, 15) is 8.76 Å². The molecular formula is C13H20N2O2S. The van der Waals surface area contributed by atoms with Crippen molar-refractivity contribution in [2.24, 2.45) is 0 Å². The van der Waals surface area contributed by atoms with E-state index >= 15 is 0 Å². The van der Waals surface area contributed by atoms with Gasteiger partial charge >= 0.3 is 0 Å². The van der Waals surface area contributed by atoms with Crippen molar-refractivity contribution in [3.05, 3.63) is 30.5 Å². The summed E-state index contributed by atoms with van der Waals surface area (Å²) in [5.74, 6) is 0. The normalized spacial score (nSPS) is 15.5. The van der Waals surface area contributed by atoms with E-state index in [-0.39, 0.29) is 0 Å². The van der Waals surface area contributed by atoms with E-state index < -0.39 is 15.1 Å². The van der Waals surface area contributed by atoms with Gasteiger partial charge in [-0.1, -0.05) is 6.07 Å². The van der Waals surface area contributed by atoms with Crippen molar-refractivity contribution in [3.63, 3.8) is 0 Å². The second-order valence-corrected chi connectivity index (χ2v) is 9.10. The molecule has 3 N–H and O–H groups in total. The maximum Gasteiger partial charge on any atom is 0.0708 e. The highest BCUT2D eigenvalue weighted by Gasteiger charge is 2.29. The molecule has 0 saturated heterocycles. The maximum absolute atomic E-state index is 12.8. The van der Waals surface area contributed by atoms with Crippen molar-refractivity contribution >= 4 is 20.4 Å². The number of rotatable bonds is 2. The summed E-state index contributed by atoms with van der Waals surface area (Å²) in [5, 5.41) is 1.03. The first kappa shape index (κ1) is 13.3. The number of benzene rings is 1. The minimum Gasteiger partial charge on any atom is -0.361 e. The van der Waals surface area contributed by atoms with Gasteiger partial charge in [0, 0.05) is 23.5 Å². The van der Waals surface area contributed by atoms with Crippen molar-refractivity contribution in [2.75, 3.05) is 6.26 Å². The molecule has 0 aliphatic rings. The molecule has 0 spiro atoms. The molecule has 5 heteroatoms. The molecule has 1 aromatic heterocycles. The molecule has 0 amide bonds. The highest BCUT2D eigenvalue weighted by Crippen LogP contribution is 2.30. The van der Waals surface area contributed by atoms with Gasteiger partial charge in [0.15, 0.2) is 0 Å². The van der Waals surface area contributed by atoms with Crippen molar-refractivity contribution in [1.82, 2.24) is 9.71 Å². The van der Waals surface area contributed by atoms with Crippen LogP contribution in [0.15, 0.2) is 35.4 Å². The Hall–Kier alpha value is -1.17. The molecule has 0 aliphatic heterocycles. The van der Waals surface area contributed by atoms with Gasteiger partial charge in [-0.3, -0.25) is 4.55 Å². The molecule has 1 heterocycles. The lowest BCUT2D eigenvalue weighted by Crippen LogP contribution is -2.54. The SMILES string of the molecule is CC(C)(C)NS(C)(=O)(O)c1ccc2cc[nH]c2c1. The molecule has 0 bridgehead atoms.